The highest BCUT2D eigenvalue weighted by atomic mass is 16.3. The number of rotatable bonds is 3. The molecule has 0 radical (unpaired) electrons. The Kier molecular flexibility index (Phi) is 2.32. The Morgan fingerprint density at radius 1 is 1.50 bits per heavy atom. The maximum absolute atomic E-state index is 8.83. The molecule has 0 aliphatic rings. The molecular formula is C9H12N4O. The normalized spacial score (nSPS) is 10.7. The second-order valence-electron chi connectivity index (χ2n) is 3.06. The lowest BCUT2D eigenvalue weighted by atomic mass is 10.4. The van der Waals surface area contributed by atoms with Crippen LogP contribution in [0.15, 0.2) is 24.7 Å². The first kappa shape index (κ1) is 8.96. The van der Waals surface area contributed by atoms with E-state index >= 15 is 0 Å². The van der Waals surface area contributed by atoms with Gasteiger partial charge in [-0.3, -0.25) is 0 Å². The molecule has 0 unspecified atom stereocenters. The van der Waals surface area contributed by atoms with Gasteiger partial charge in [0, 0.05) is 26.0 Å². The van der Waals surface area contributed by atoms with Crippen LogP contribution < -0.4 is 4.90 Å². The highest BCUT2D eigenvalue weighted by Gasteiger charge is 2.06. The monoisotopic (exact) mass is 192 g/mol. The number of fused-ring (bicyclic) bond motifs is 1. The molecular weight excluding hydrogens is 180 g/mol. The number of aliphatic hydroxyl groups is 1. The van der Waals surface area contributed by atoms with Gasteiger partial charge in [-0.05, 0) is 6.07 Å². The lowest BCUT2D eigenvalue weighted by molar-refractivity contribution is 0.304. The van der Waals surface area contributed by atoms with Gasteiger partial charge in [-0.1, -0.05) is 0 Å². The summed E-state index contributed by atoms with van der Waals surface area (Å²) in [6.07, 6.45) is 5.22. The number of likely N-dealkylation sites (N-methyl/N-ethyl adjacent to an activating group) is 1. The van der Waals surface area contributed by atoms with Crippen LogP contribution in [0, 0.1) is 0 Å². The summed E-state index contributed by atoms with van der Waals surface area (Å²) in [4.78, 5) is 6.15. The van der Waals surface area contributed by atoms with E-state index in [2.05, 4.69) is 10.1 Å². The lowest BCUT2D eigenvalue weighted by Gasteiger charge is -2.16. The molecule has 0 aliphatic carbocycles. The van der Waals surface area contributed by atoms with Crippen LogP contribution in [-0.2, 0) is 0 Å². The Labute approximate surface area is 81.6 Å². The first-order valence-electron chi connectivity index (χ1n) is 4.43. The Bertz CT molecular complexity index is 425. The number of hydrogen-bond donors (Lipinski definition) is 1. The van der Waals surface area contributed by atoms with E-state index in [4.69, 9.17) is 5.11 Å². The van der Waals surface area contributed by atoms with Crippen LogP contribution in [0.5, 0.6) is 0 Å². The third-order valence-corrected chi connectivity index (χ3v) is 2.10. The molecule has 2 aromatic rings. The van der Waals surface area contributed by atoms with Gasteiger partial charge in [-0.15, -0.1) is 0 Å². The van der Waals surface area contributed by atoms with Crippen LogP contribution in [0.3, 0.4) is 0 Å². The zero-order valence-electron chi connectivity index (χ0n) is 7.96. The summed E-state index contributed by atoms with van der Waals surface area (Å²) < 4.78 is 1.76. The highest BCUT2D eigenvalue weighted by molar-refractivity contribution is 5.67. The van der Waals surface area contributed by atoms with Crippen molar-refractivity contribution in [3.63, 3.8) is 0 Å². The Balaban J connectivity index is 2.45. The van der Waals surface area contributed by atoms with Crippen LogP contribution in [-0.4, -0.2) is 39.9 Å². The van der Waals surface area contributed by atoms with Gasteiger partial charge < -0.3 is 10.0 Å². The average molecular weight is 192 g/mol. The Morgan fingerprint density at radius 3 is 3.14 bits per heavy atom. The van der Waals surface area contributed by atoms with Crippen molar-refractivity contribution in [3.8, 4) is 0 Å². The fourth-order valence-electron chi connectivity index (χ4n) is 1.39. The van der Waals surface area contributed by atoms with Gasteiger partial charge in [0.05, 0.1) is 12.8 Å². The van der Waals surface area contributed by atoms with Crippen LogP contribution in [0.4, 0.5) is 5.82 Å². The second-order valence-corrected chi connectivity index (χ2v) is 3.06. The summed E-state index contributed by atoms with van der Waals surface area (Å²) in [6, 6.07) is 1.90. The molecule has 0 spiro atoms. The minimum absolute atomic E-state index is 0.118. The van der Waals surface area contributed by atoms with E-state index in [9.17, 15) is 0 Å². The summed E-state index contributed by atoms with van der Waals surface area (Å²) in [5.74, 6) is 0.832. The Morgan fingerprint density at radius 2 is 2.36 bits per heavy atom. The van der Waals surface area contributed by atoms with Gasteiger partial charge in [0.15, 0.2) is 5.82 Å². The summed E-state index contributed by atoms with van der Waals surface area (Å²) in [5, 5.41) is 12.9. The van der Waals surface area contributed by atoms with Crippen molar-refractivity contribution in [2.24, 2.45) is 0 Å². The average Bonchev–Trinajstić information content (AvgIpc) is 2.65. The van der Waals surface area contributed by atoms with E-state index in [-0.39, 0.29) is 6.61 Å². The molecule has 0 saturated heterocycles. The third kappa shape index (κ3) is 1.42. The van der Waals surface area contributed by atoms with E-state index in [0.29, 0.717) is 6.54 Å². The van der Waals surface area contributed by atoms with Gasteiger partial charge >= 0.3 is 0 Å². The minimum Gasteiger partial charge on any atom is -0.395 e. The zero-order chi connectivity index (χ0) is 9.97. The molecule has 2 aromatic heterocycles. The molecule has 14 heavy (non-hydrogen) atoms. The minimum atomic E-state index is 0.118. The molecule has 2 rings (SSSR count). The smallest absolute Gasteiger partial charge is 0.154 e. The first-order chi connectivity index (χ1) is 6.83. The zero-order valence-corrected chi connectivity index (χ0v) is 7.96. The maximum atomic E-state index is 8.83. The first-order valence-corrected chi connectivity index (χ1v) is 4.43. The summed E-state index contributed by atoms with van der Waals surface area (Å²) >= 11 is 0. The van der Waals surface area contributed by atoms with Crippen molar-refractivity contribution in [2.45, 2.75) is 0 Å². The number of anilines is 1. The standard InChI is InChI=1S/C9H12N4O/c1-12(6-7-14)9-8-2-3-11-13(8)5-4-10-9/h2-5,14H,6-7H2,1H3. The molecule has 0 fully saturated rings. The van der Waals surface area contributed by atoms with Gasteiger partial charge in [-0.2, -0.15) is 5.10 Å². The molecule has 5 nitrogen and oxygen atoms in total. The number of hydrogen-bond acceptors (Lipinski definition) is 4. The fourth-order valence-corrected chi connectivity index (χ4v) is 1.39. The van der Waals surface area contributed by atoms with Crippen molar-refractivity contribution in [3.05, 3.63) is 24.7 Å². The third-order valence-electron chi connectivity index (χ3n) is 2.10. The van der Waals surface area contributed by atoms with E-state index in [1.165, 1.54) is 0 Å². The highest BCUT2D eigenvalue weighted by Crippen LogP contribution is 2.15. The Hall–Kier alpha value is -1.62. The summed E-state index contributed by atoms with van der Waals surface area (Å²) in [7, 11) is 1.89. The molecule has 0 saturated carbocycles. The van der Waals surface area contributed by atoms with Crippen molar-refractivity contribution in [1.29, 1.82) is 0 Å². The SMILES string of the molecule is CN(CCO)c1nccn2nccc12. The van der Waals surface area contributed by atoms with E-state index in [1.807, 2.05) is 18.0 Å². The number of aromatic nitrogens is 3. The van der Waals surface area contributed by atoms with E-state index in [1.54, 1.807) is 23.1 Å². The molecule has 1 N–H and O–H groups in total. The van der Waals surface area contributed by atoms with Crippen LogP contribution in [0.1, 0.15) is 0 Å². The molecule has 0 amide bonds. The molecule has 74 valence electrons. The topological polar surface area (TPSA) is 53.7 Å². The maximum Gasteiger partial charge on any atom is 0.154 e. The summed E-state index contributed by atoms with van der Waals surface area (Å²) in [5.41, 5.74) is 0.948. The van der Waals surface area contributed by atoms with Gasteiger partial charge in [0.25, 0.3) is 0 Å². The van der Waals surface area contributed by atoms with Crippen molar-refractivity contribution < 1.29 is 5.11 Å². The molecule has 0 aliphatic heterocycles. The molecule has 0 bridgehead atoms. The van der Waals surface area contributed by atoms with E-state index in [0.717, 1.165) is 11.3 Å². The van der Waals surface area contributed by atoms with Crippen LogP contribution in [0.25, 0.3) is 5.52 Å². The van der Waals surface area contributed by atoms with Gasteiger partial charge in [-0.25, -0.2) is 9.50 Å². The molecule has 0 atom stereocenters. The predicted octanol–water partition coefficient (Wildman–Crippen LogP) is 0.158. The van der Waals surface area contributed by atoms with Crippen molar-refractivity contribution in [2.75, 3.05) is 25.1 Å². The van der Waals surface area contributed by atoms with E-state index < -0.39 is 0 Å². The number of aliphatic hydroxyl groups excluding tert-OH is 1. The second kappa shape index (κ2) is 3.63. The molecule has 0 aromatic carbocycles. The van der Waals surface area contributed by atoms with Gasteiger partial charge in [0.2, 0.25) is 0 Å². The van der Waals surface area contributed by atoms with Crippen LogP contribution >= 0.6 is 0 Å². The molecule has 5 heteroatoms. The fraction of sp³-hybridized carbons (Fsp3) is 0.333. The lowest BCUT2D eigenvalue weighted by Crippen LogP contribution is -2.22. The predicted molar refractivity (Wildman–Crippen MR) is 53.3 cm³/mol. The van der Waals surface area contributed by atoms with Crippen molar-refractivity contribution in [1.82, 2.24) is 14.6 Å². The van der Waals surface area contributed by atoms with Crippen molar-refractivity contribution >= 4 is 11.3 Å². The quantitative estimate of drug-likeness (QED) is 0.752. The molecule has 2 heterocycles. The summed E-state index contributed by atoms with van der Waals surface area (Å²) in [6.45, 7) is 0.686. The van der Waals surface area contributed by atoms with Crippen LogP contribution in [0.2, 0.25) is 0 Å². The largest absolute Gasteiger partial charge is 0.395 e. The van der Waals surface area contributed by atoms with Gasteiger partial charge in [0.1, 0.15) is 5.52 Å². The number of nitrogens with zero attached hydrogens (tertiary/aromatic N) is 4.